The third-order valence-electron chi connectivity index (χ3n) is 1.41. The fourth-order valence-electron chi connectivity index (χ4n) is 0.869. The number of nitrogens with one attached hydrogen (secondary N) is 1. The minimum absolute atomic E-state index is 0.202. The van der Waals surface area contributed by atoms with E-state index in [2.05, 4.69) is 10.2 Å². The molecule has 0 aliphatic carbocycles. The summed E-state index contributed by atoms with van der Waals surface area (Å²) in [6.45, 7) is 0. The van der Waals surface area contributed by atoms with Crippen LogP contribution in [0.15, 0.2) is 12.3 Å². The number of H-pyrrole nitrogens is 1. The zero-order valence-electron chi connectivity index (χ0n) is 6.40. The van der Waals surface area contributed by atoms with Crippen molar-refractivity contribution >= 4 is 10.1 Å². The molecule has 0 amide bonds. The molecule has 0 bridgehead atoms. The van der Waals surface area contributed by atoms with Crippen LogP contribution in [-0.2, 0) is 16.5 Å². The topological polar surface area (TPSA) is 83.1 Å². The van der Waals surface area contributed by atoms with Gasteiger partial charge >= 0.3 is 0 Å². The number of aromatic nitrogens is 2. The van der Waals surface area contributed by atoms with Gasteiger partial charge in [-0.1, -0.05) is 0 Å². The highest BCUT2D eigenvalue weighted by Gasteiger charge is 2.03. The number of hydrogen-bond acceptors (Lipinski definition) is 3. The first-order valence-electron chi connectivity index (χ1n) is 3.51. The van der Waals surface area contributed by atoms with Gasteiger partial charge in [-0.25, -0.2) is 0 Å². The van der Waals surface area contributed by atoms with Crippen LogP contribution in [0, 0.1) is 0 Å². The van der Waals surface area contributed by atoms with Gasteiger partial charge in [-0.2, -0.15) is 13.5 Å². The Hall–Kier alpha value is -0.880. The van der Waals surface area contributed by atoms with Gasteiger partial charge in [-0.3, -0.25) is 9.65 Å². The Morgan fingerprint density at radius 2 is 2.33 bits per heavy atom. The summed E-state index contributed by atoms with van der Waals surface area (Å²) < 4.78 is 29.0. The molecular weight excluding hydrogens is 180 g/mol. The lowest BCUT2D eigenvalue weighted by molar-refractivity contribution is 0.481. The molecule has 0 radical (unpaired) electrons. The number of nitrogens with zero attached hydrogens (tertiary/aromatic N) is 1. The molecule has 0 spiro atoms. The first-order valence-corrected chi connectivity index (χ1v) is 5.12. The molecule has 0 fully saturated rings. The van der Waals surface area contributed by atoms with E-state index >= 15 is 0 Å². The Bertz CT molecular complexity index is 317. The van der Waals surface area contributed by atoms with Gasteiger partial charge in [-0.05, 0) is 18.9 Å². The summed E-state index contributed by atoms with van der Waals surface area (Å²) in [6.07, 6.45) is 2.59. The van der Waals surface area contributed by atoms with Gasteiger partial charge < -0.3 is 0 Å². The highest BCUT2D eigenvalue weighted by molar-refractivity contribution is 7.85. The number of hydrogen-bond donors (Lipinski definition) is 2. The van der Waals surface area contributed by atoms with Crippen LogP contribution in [0.3, 0.4) is 0 Å². The van der Waals surface area contributed by atoms with Crippen molar-refractivity contribution in [1.29, 1.82) is 0 Å². The van der Waals surface area contributed by atoms with Crippen LogP contribution in [0.1, 0.15) is 12.1 Å². The van der Waals surface area contributed by atoms with Crippen LogP contribution >= 0.6 is 0 Å². The van der Waals surface area contributed by atoms with E-state index in [-0.39, 0.29) is 5.75 Å². The summed E-state index contributed by atoms with van der Waals surface area (Å²) in [5.74, 6) is -0.202. The molecule has 0 aliphatic rings. The SMILES string of the molecule is O=S(=O)(O)CCCc1ccn[nH]1. The molecule has 1 aromatic rings. The third-order valence-corrected chi connectivity index (χ3v) is 2.21. The van der Waals surface area contributed by atoms with E-state index in [0.29, 0.717) is 12.8 Å². The number of aryl methyl sites for hydroxylation is 1. The third kappa shape index (κ3) is 3.49. The van der Waals surface area contributed by atoms with E-state index in [4.69, 9.17) is 4.55 Å². The van der Waals surface area contributed by atoms with Crippen molar-refractivity contribution < 1.29 is 13.0 Å². The van der Waals surface area contributed by atoms with Crippen molar-refractivity contribution in [3.05, 3.63) is 18.0 Å². The van der Waals surface area contributed by atoms with E-state index in [1.165, 1.54) is 0 Å². The molecule has 1 heterocycles. The molecule has 68 valence electrons. The predicted molar refractivity (Wildman–Crippen MR) is 43.3 cm³/mol. The lowest BCUT2D eigenvalue weighted by Gasteiger charge is -1.94. The first kappa shape index (κ1) is 9.21. The van der Waals surface area contributed by atoms with E-state index in [9.17, 15) is 8.42 Å². The minimum atomic E-state index is -3.81. The Balaban J connectivity index is 2.29. The fraction of sp³-hybridized carbons (Fsp3) is 0.500. The molecule has 0 aliphatic heterocycles. The summed E-state index contributed by atoms with van der Waals surface area (Å²) >= 11 is 0. The zero-order valence-corrected chi connectivity index (χ0v) is 7.21. The summed E-state index contributed by atoms with van der Waals surface area (Å²) in [6, 6.07) is 1.77. The Morgan fingerprint density at radius 3 is 2.83 bits per heavy atom. The Labute approximate surface area is 70.6 Å². The molecule has 1 aromatic heterocycles. The van der Waals surface area contributed by atoms with Gasteiger partial charge in [0.15, 0.2) is 0 Å². The van der Waals surface area contributed by atoms with Gasteiger partial charge in [0.2, 0.25) is 0 Å². The van der Waals surface area contributed by atoms with Crippen molar-refractivity contribution in [3.63, 3.8) is 0 Å². The highest BCUT2D eigenvalue weighted by atomic mass is 32.2. The Morgan fingerprint density at radius 1 is 1.58 bits per heavy atom. The van der Waals surface area contributed by atoms with Crippen LogP contribution in [0.4, 0.5) is 0 Å². The van der Waals surface area contributed by atoms with E-state index in [0.717, 1.165) is 5.69 Å². The van der Waals surface area contributed by atoms with E-state index in [1.807, 2.05) is 0 Å². The largest absolute Gasteiger partial charge is 0.286 e. The van der Waals surface area contributed by atoms with Crippen LogP contribution in [-0.4, -0.2) is 28.9 Å². The molecule has 0 saturated carbocycles. The first-order chi connectivity index (χ1) is 5.58. The molecule has 0 atom stereocenters. The smallest absolute Gasteiger partial charge is 0.264 e. The minimum Gasteiger partial charge on any atom is -0.286 e. The van der Waals surface area contributed by atoms with Gasteiger partial charge in [-0.15, -0.1) is 0 Å². The van der Waals surface area contributed by atoms with Crippen molar-refractivity contribution in [2.75, 3.05) is 5.75 Å². The average Bonchev–Trinajstić information content (AvgIpc) is 2.36. The maximum atomic E-state index is 10.3. The maximum absolute atomic E-state index is 10.3. The summed E-state index contributed by atoms with van der Waals surface area (Å²) in [4.78, 5) is 0. The van der Waals surface area contributed by atoms with Crippen LogP contribution in [0.5, 0.6) is 0 Å². The van der Waals surface area contributed by atoms with Gasteiger partial charge in [0.25, 0.3) is 10.1 Å². The predicted octanol–water partition coefficient (Wildman–Crippen LogP) is 0.230. The Kier molecular flexibility index (Phi) is 2.83. The van der Waals surface area contributed by atoms with Crippen LogP contribution in [0.25, 0.3) is 0 Å². The van der Waals surface area contributed by atoms with Crippen molar-refractivity contribution in [1.82, 2.24) is 10.2 Å². The van der Waals surface area contributed by atoms with Crippen LogP contribution < -0.4 is 0 Å². The van der Waals surface area contributed by atoms with E-state index < -0.39 is 10.1 Å². The zero-order chi connectivity index (χ0) is 9.03. The monoisotopic (exact) mass is 190 g/mol. The fourth-order valence-corrected chi connectivity index (χ4v) is 1.38. The van der Waals surface area contributed by atoms with Gasteiger partial charge in [0.1, 0.15) is 0 Å². The standard InChI is InChI=1S/C6H10N2O3S/c9-12(10,11)5-1-2-6-3-4-7-8-6/h3-4H,1-2,5H2,(H,7,8)(H,9,10,11). The van der Waals surface area contributed by atoms with Gasteiger partial charge in [0.05, 0.1) is 5.75 Å². The maximum Gasteiger partial charge on any atom is 0.264 e. The van der Waals surface area contributed by atoms with Crippen molar-refractivity contribution in [3.8, 4) is 0 Å². The quantitative estimate of drug-likeness (QED) is 0.666. The normalized spacial score (nSPS) is 11.8. The highest BCUT2D eigenvalue weighted by Crippen LogP contribution is 1.98. The van der Waals surface area contributed by atoms with Gasteiger partial charge in [0, 0.05) is 11.9 Å². The summed E-state index contributed by atoms with van der Waals surface area (Å²) in [7, 11) is -3.81. The molecule has 0 unspecified atom stereocenters. The summed E-state index contributed by atoms with van der Waals surface area (Å²) in [5, 5.41) is 6.40. The molecule has 5 nitrogen and oxygen atoms in total. The molecular formula is C6H10N2O3S. The summed E-state index contributed by atoms with van der Waals surface area (Å²) in [5.41, 5.74) is 0.874. The van der Waals surface area contributed by atoms with Crippen molar-refractivity contribution in [2.45, 2.75) is 12.8 Å². The number of rotatable bonds is 4. The van der Waals surface area contributed by atoms with Crippen LogP contribution in [0.2, 0.25) is 0 Å². The molecule has 0 saturated heterocycles. The number of aromatic amines is 1. The lowest BCUT2D eigenvalue weighted by atomic mass is 10.3. The molecule has 0 aromatic carbocycles. The second-order valence-corrected chi connectivity index (χ2v) is 4.04. The molecule has 2 N–H and O–H groups in total. The molecule has 1 rings (SSSR count). The molecule has 6 heteroatoms. The average molecular weight is 190 g/mol. The molecule has 12 heavy (non-hydrogen) atoms. The second-order valence-electron chi connectivity index (χ2n) is 2.47. The van der Waals surface area contributed by atoms with Crippen molar-refractivity contribution in [2.24, 2.45) is 0 Å². The van der Waals surface area contributed by atoms with E-state index in [1.54, 1.807) is 12.3 Å². The lowest BCUT2D eigenvalue weighted by Crippen LogP contribution is -2.04. The second kappa shape index (κ2) is 3.68.